The van der Waals surface area contributed by atoms with Gasteiger partial charge in [-0.2, -0.15) is 0 Å². The highest BCUT2D eigenvalue weighted by molar-refractivity contribution is 5.81. The first-order valence-corrected chi connectivity index (χ1v) is 6.70. The zero-order chi connectivity index (χ0) is 12.2. The van der Waals surface area contributed by atoms with Gasteiger partial charge in [-0.1, -0.05) is 24.3 Å². The van der Waals surface area contributed by atoms with E-state index in [1.807, 2.05) is 12.3 Å². The third-order valence-corrected chi connectivity index (χ3v) is 3.58. The van der Waals surface area contributed by atoms with Crippen LogP contribution in [0.15, 0.2) is 36.5 Å². The van der Waals surface area contributed by atoms with Crippen molar-refractivity contribution in [1.29, 1.82) is 0 Å². The summed E-state index contributed by atoms with van der Waals surface area (Å²) < 4.78 is 0. The quantitative estimate of drug-likeness (QED) is 0.860. The molecule has 1 aliphatic rings. The van der Waals surface area contributed by atoms with Crippen molar-refractivity contribution in [3.63, 3.8) is 0 Å². The molecule has 0 bridgehead atoms. The molecule has 3 rings (SSSR count). The Balaban J connectivity index is 1.66. The molecular formula is C15H19N3. The molecule has 1 unspecified atom stereocenters. The number of hydrogen-bond donors (Lipinski definition) is 2. The van der Waals surface area contributed by atoms with Gasteiger partial charge in [-0.3, -0.25) is 4.98 Å². The Bertz CT molecular complexity index is 513. The molecular weight excluding hydrogens is 222 g/mol. The van der Waals surface area contributed by atoms with Gasteiger partial charge in [0.15, 0.2) is 0 Å². The monoisotopic (exact) mass is 241 g/mol. The number of para-hydroxylation sites is 1. The number of aromatic nitrogens is 1. The van der Waals surface area contributed by atoms with Crippen LogP contribution in [0.25, 0.3) is 10.9 Å². The molecule has 0 radical (unpaired) electrons. The lowest BCUT2D eigenvalue weighted by Gasteiger charge is -2.12. The Kier molecular flexibility index (Phi) is 3.53. The SMILES string of the molecule is c1cnc2c(CNCC3CCCN3)cccc2c1. The molecule has 0 amide bonds. The Labute approximate surface area is 108 Å². The minimum Gasteiger partial charge on any atom is -0.313 e. The lowest BCUT2D eigenvalue weighted by atomic mass is 10.1. The van der Waals surface area contributed by atoms with Crippen LogP contribution in [0.1, 0.15) is 18.4 Å². The standard InChI is InChI=1S/C15H19N3/c1-4-12-6-2-9-18-15(12)13(5-1)10-16-11-14-7-3-8-17-14/h1-2,4-6,9,14,16-17H,3,7-8,10-11H2. The Morgan fingerprint density at radius 2 is 2.22 bits per heavy atom. The fourth-order valence-electron chi connectivity index (χ4n) is 2.62. The van der Waals surface area contributed by atoms with Gasteiger partial charge in [0.1, 0.15) is 0 Å². The van der Waals surface area contributed by atoms with E-state index in [0.717, 1.165) is 18.6 Å². The predicted octanol–water partition coefficient (Wildman–Crippen LogP) is 2.08. The molecule has 1 aromatic carbocycles. The normalized spacial score (nSPS) is 19.4. The van der Waals surface area contributed by atoms with Crippen LogP contribution in [0.4, 0.5) is 0 Å². The fraction of sp³-hybridized carbons (Fsp3) is 0.400. The summed E-state index contributed by atoms with van der Waals surface area (Å²) in [6, 6.07) is 11.1. The number of nitrogens with one attached hydrogen (secondary N) is 2. The number of benzene rings is 1. The van der Waals surface area contributed by atoms with Crippen LogP contribution in [0.5, 0.6) is 0 Å². The van der Waals surface area contributed by atoms with Crippen molar-refractivity contribution in [2.75, 3.05) is 13.1 Å². The minimum atomic E-state index is 0.646. The van der Waals surface area contributed by atoms with Gasteiger partial charge in [-0.25, -0.2) is 0 Å². The maximum atomic E-state index is 4.48. The summed E-state index contributed by atoms with van der Waals surface area (Å²) in [4.78, 5) is 4.48. The smallest absolute Gasteiger partial charge is 0.0746 e. The van der Waals surface area contributed by atoms with E-state index in [0.29, 0.717) is 6.04 Å². The van der Waals surface area contributed by atoms with E-state index in [1.165, 1.54) is 30.3 Å². The van der Waals surface area contributed by atoms with Crippen molar-refractivity contribution >= 4 is 10.9 Å². The van der Waals surface area contributed by atoms with Crippen LogP contribution in [-0.4, -0.2) is 24.1 Å². The van der Waals surface area contributed by atoms with Crippen molar-refractivity contribution in [1.82, 2.24) is 15.6 Å². The molecule has 94 valence electrons. The summed E-state index contributed by atoms with van der Waals surface area (Å²) >= 11 is 0. The summed E-state index contributed by atoms with van der Waals surface area (Å²) in [5.41, 5.74) is 2.40. The van der Waals surface area contributed by atoms with Crippen LogP contribution in [-0.2, 0) is 6.54 Å². The molecule has 1 atom stereocenters. The molecule has 18 heavy (non-hydrogen) atoms. The summed E-state index contributed by atoms with van der Waals surface area (Å²) in [6.07, 6.45) is 4.47. The first kappa shape index (κ1) is 11.6. The van der Waals surface area contributed by atoms with Crippen molar-refractivity contribution in [2.45, 2.75) is 25.4 Å². The van der Waals surface area contributed by atoms with Crippen LogP contribution >= 0.6 is 0 Å². The van der Waals surface area contributed by atoms with Gasteiger partial charge in [0.05, 0.1) is 5.52 Å². The zero-order valence-electron chi connectivity index (χ0n) is 10.5. The molecule has 0 saturated carbocycles. The highest BCUT2D eigenvalue weighted by Gasteiger charge is 2.13. The molecule has 0 spiro atoms. The highest BCUT2D eigenvalue weighted by Crippen LogP contribution is 2.15. The number of rotatable bonds is 4. The summed E-state index contributed by atoms with van der Waals surface area (Å²) in [6.45, 7) is 3.11. The van der Waals surface area contributed by atoms with Crippen LogP contribution in [0.3, 0.4) is 0 Å². The lowest BCUT2D eigenvalue weighted by Crippen LogP contribution is -2.33. The lowest BCUT2D eigenvalue weighted by molar-refractivity contribution is 0.536. The second-order valence-corrected chi connectivity index (χ2v) is 4.92. The van der Waals surface area contributed by atoms with Crippen molar-refractivity contribution in [3.8, 4) is 0 Å². The van der Waals surface area contributed by atoms with E-state index in [1.54, 1.807) is 0 Å². The van der Waals surface area contributed by atoms with Gasteiger partial charge in [-0.05, 0) is 31.0 Å². The maximum Gasteiger partial charge on any atom is 0.0746 e. The van der Waals surface area contributed by atoms with Gasteiger partial charge in [0, 0.05) is 30.7 Å². The van der Waals surface area contributed by atoms with Crippen LogP contribution in [0.2, 0.25) is 0 Å². The number of nitrogens with zero attached hydrogens (tertiary/aromatic N) is 1. The van der Waals surface area contributed by atoms with E-state index in [-0.39, 0.29) is 0 Å². The molecule has 0 aliphatic carbocycles. The highest BCUT2D eigenvalue weighted by atomic mass is 15.0. The summed E-state index contributed by atoms with van der Waals surface area (Å²) in [7, 11) is 0. The van der Waals surface area contributed by atoms with E-state index in [9.17, 15) is 0 Å². The van der Waals surface area contributed by atoms with Crippen molar-refractivity contribution < 1.29 is 0 Å². The topological polar surface area (TPSA) is 37.0 Å². The molecule has 1 aliphatic heterocycles. The van der Waals surface area contributed by atoms with Crippen molar-refractivity contribution in [2.24, 2.45) is 0 Å². The van der Waals surface area contributed by atoms with Gasteiger partial charge >= 0.3 is 0 Å². The van der Waals surface area contributed by atoms with E-state index >= 15 is 0 Å². The van der Waals surface area contributed by atoms with E-state index in [4.69, 9.17) is 0 Å². The average molecular weight is 241 g/mol. The number of fused-ring (bicyclic) bond motifs is 1. The summed E-state index contributed by atoms with van der Waals surface area (Å²) in [5, 5.41) is 8.25. The maximum absolute atomic E-state index is 4.48. The Morgan fingerprint density at radius 1 is 1.28 bits per heavy atom. The number of pyridine rings is 1. The van der Waals surface area contributed by atoms with Gasteiger partial charge in [0.25, 0.3) is 0 Å². The zero-order valence-corrected chi connectivity index (χ0v) is 10.5. The molecule has 3 nitrogen and oxygen atoms in total. The molecule has 1 aromatic heterocycles. The largest absolute Gasteiger partial charge is 0.313 e. The van der Waals surface area contributed by atoms with Crippen LogP contribution in [0, 0.1) is 0 Å². The fourth-order valence-corrected chi connectivity index (χ4v) is 2.62. The predicted molar refractivity (Wildman–Crippen MR) is 74.5 cm³/mol. The average Bonchev–Trinajstić information content (AvgIpc) is 2.92. The number of hydrogen-bond acceptors (Lipinski definition) is 3. The second-order valence-electron chi connectivity index (χ2n) is 4.92. The molecule has 3 heteroatoms. The van der Waals surface area contributed by atoms with Gasteiger partial charge in [-0.15, -0.1) is 0 Å². The van der Waals surface area contributed by atoms with Crippen LogP contribution < -0.4 is 10.6 Å². The Hall–Kier alpha value is -1.45. The third kappa shape index (κ3) is 2.52. The van der Waals surface area contributed by atoms with E-state index < -0.39 is 0 Å². The molecule has 1 saturated heterocycles. The molecule has 2 heterocycles. The molecule has 2 N–H and O–H groups in total. The molecule has 2 aromatic rings. The molecule has 1 fully saturated rings. The van der Waals surface area contributed by atoms with Gasteiger partial charge in [0.2, 0.25) is 0 Å². The summed E-state index contributed by atoms with van der Waals surface area (Å²) in [5.74, 6) is 0. The van der Waals surface area contributed by atoms with E-state index in [2.05, 4.69) is 39.9 Å². The first-order valence-electron chi connectivity index (χ1n) is 6.70. The second kappa shape index (κ2) is 5.46. The third-order valence-electron chi connectivity index (χ3n) is 3.58. The van der Waals surface area contributed by atoms with Gasteiger partial charge < -0.3 is 10.6 Å². The minimum absolute atomic E-state index is 0.646. The van der Waals surface area contributed by atoms with Crippen molar-refractivity contribution in [3.05, 3.63) is 42.1 Å². The first-order chi connectivity index (χ1) is 8.93. The Morgan fingerprint density at radius 3 is 3.11 bits per heavy atom.